The summed E-state index contributed by atoms with van der Waals surface area (Å²) in [5.74, 6) is 1.84. The van der Waals surface area contributed by atoms with Gasteiger partial charge in [0.25, 0.3) is 0 Å². The van der Waals surface area contributed by atoms with Gasteiger partial charge in [0, 0.05) is 5.57 Å². The van der Waals surface area contributed by atoms with Crippen LogP contribution in [0.25, 0.3) is 12.2 Å². The normalized spacial score (nSPS) is 13.1. The predicted octanol–water partition coefficient (Wildman–Crippen LogP) is 7.39. The van der Waals surface area contributed by atoms with Gasteiger partial charge in [-0.15, -0.1) is 0 Å². The van der Waals surface area contributed by atoms with E-state index >= 15 is 0 Å². The van der Waals surface area contributed by atoms with Crippen molar-refractivity contribution in [3.8, 4) is 11.5 Å². The molecule has 6 nitrogen and oxygen atoms in total. The lowest BCUT2D eigenvalue weighted by Gasteiger charge is -2.08. The van der Waals surface area contributed by atoms with Crippen molar-refractivity contribution < 1.29 is 28.8 Å². The van der Waals surface area contributed by atoms with Crippen molar-refractivity contribution in [1.29, 1.82) is 0 Å². The van der Waals surface area contributed by atoms with Crippen molar-refractivity contribution in [3.63, 3.8) is 0 Å². The number of aliphatic hydroxyl groups is 1. The number of rotatable bonds is 14. The highest BCUT2D eigenvalue weighted by atomic mass is 16.5. The largest absolute Gasteiger partial charge is 0.508 e. The summed E-state index contributed by atoms with van der Waals surface area (Å²) in [4.78, 5) is 13.1. The van der Waals surface area contributed by atoms with Crippen molar-refractivity contribution in [2.45, 2.75) is 13.3 Å². The highest BCUT2D eigenvalue weighted by molar-refractivity contribution is 6.05. The van der Waals surface area contributed by atoms with Gasteiger partial charge in [-0.2, -0.15) is 0 Å². The van der Waals surface area contributed by atoms with Crippen LogP contribution in [-0.2, 0) is 14.3 Å². The van der Waals surface area contributed by atoms with Crippen LogP contribution in [0.15, 0.2) is 120 Å². The predicted molar refractivity (Wildman–Crippen MR) is 157 cm³/mol. The van der Waals surface area contributed by atoms with Crippen LogP contribution >= 0.6 is 0 Å². The average molecular weight is 529 g/mol. The Morgan fingerprint density at radius 1 is 0.821 bits per heavy atom. The lowest BCUT2D eigenvalue weighted by Crippen LogP contribution is -2.02. The molecular formula is C33H36O6. The Morgan fingerprint density at radius 2 is 1.51 bits per heavy atom. The van der Waals surface area contributed by atoms with Crippen LogP contribution < -0.4 is 9.47 Å². The first kappa shape index (κ1) is 30.5. The molecule has 0 saturated carbocycles. The number of benzene rings is 2. The quantitative estimate of drug-likeness (QED) is 0.157. The summed E-state index contributed by atoms with van der Waals surface area (Å²) in [5, 5.41) is 10.9. The number of aliphatic hydroxyl groups excluding tert-OH is 1. The summed E-state index contributed by atoms with van der Waals surface area (Å²) in [6.07, 6.45) is 13.6. The molecule has 39 heavy (non-hydrogen) atoms. The third kappa shape index (κ3) is 9.93. The summed E-state index contributed by atoms with van der Waals surface area (Å²) in [6.45, 7) is 5.74. The number of methoxy groups -OCH3 is 4. The molecule has 1 N–H and O–H groups in total. The van der Waals surface area contributed by atoms with E-state index in [-0.39, 0.29) is 23.5 Å². The van der Waals surface area contributed by atoms with E-state index in [2.05, 4.69) is 6.58 Å². The van der Waals surface area contributed by atoms with E-state index in [1.54, 1.807) is 71.8 Å². The molecule has 2 aromatic carbocycles. The van der Waals surface area contributed by atoms with Crippen molar-refractivity contribution in [2.75, 3.05) is 28.4 Å². The standard InChI is InChI=1S/C33H36O6/c1-24(16-21-31(37-4)25(2)36-3)15-19-29(34)28(14-10-13-26-11-8-7-9-12-26)30(35)20-17-27-18-22-32(38-5)33(23-27)39-6/h7-13,15-23,35H,1,14H2,2-6H3/b13-10+,19-15+,20-17+,21-16-,30-28-,31-25-. The minimum atomic E-state index is -0.340. The molecule has 0 atom stereocenters. The van der Waals surface area contributed by atoms with E-state index in [1.165, 1.54) is 12.2 Å². The van der Waals surface area contributed by atoms with Gasteiger partial charge in [-0.3, -0.25) is 4.79 Å². The maximum Gasteiger partial charge on any atom is 0.185 e. The molecule has 0 fully saturated rings. The number of ketones is 1. The minimum Gasteiger partial charge on any atom is -0.508 e. The third-order valence-corrected chi connectivity index (χ3v) is 5.65. The van der Waals surface area contributed by atoms with Gasteiger partial charge in [-0.05, 0) is 60.4 Å². The van der Waals surface area contributed by atoms with Crippen LogP contribution in [0.5, 0.6) is 11.5 Å². The molecule has 0 saturated heterocycles. The van der Waals surface area contributed by atoms with E-state index in [0.29, 0.717) is 28.6 Å². The second-order valence-electron chi connectivity index (χ2n) is 8.26. The zero-order valence-electron chi connectivity index (χ0n) is 23.1. The molecular weight excluding hydrogens is 492 g/mol. The van der Waals surface area contributed by atoms with Crippen LogP contribution in [-0.4, -0.2) is 39.3 Å². The smallest absolute Gasteiger partial charge is 0.185 e. The molecule has 0 radical (unpaired) electrons. The molecule has 0 spiro atoms. The number of allylic oxidation sites excluding steroid dienone is 9. The van der Waals surface area contributed by atoms with Crippen LogP contribution in [0.4, 0.5) is 0 Å². The Kier molecular flexibility index (Phi) is 12.7. The molecule has 2 aromatic rings. The molecule has 0 bridgehead atoms. The monoisotopic (exact) mass is 528 g/mol. The Hall–Kier alpha value is -4.71. The fourth-order valence-electron chi connectivity index (χ4n) is 3.39. The summed E-state index contributed by atoms with van der Waals surface area (Å²) in [7, 11) is 6.22. The topological polar surface area (TPSA) is 74.2 Å². The molecule has 0 amide bonds. The lowest BCUT2D eigenvalue weighted by molar-refractivity contribution is -0.111. The summed E-state index contributed by atoms with van der Waals surface area (Å²) in [6, 6.07) is 15.1. The lowest BCUT2D eigenvalue weighted by atomic mass is 10.0. The van der Waals surface area contributed by atoms with E-state index < -0.39 is 0 Å². The van der Waals surface area contributed by atoms with E-state index in [4.69, 9.17) is 18.9 Å². The van der Waals surface area contributed by atoms with E-state index in [9.17, 15) is 9.90 Å². The number of carbonyl (C=O) groups excluding carboxylic acids is 1. The highest BCUT2D eigenvalue weighted by Gasteiger charge is 2.11. The van der Waals surface area contributed by atoms with Gasteiger partial charge in [-0.1, -0.05) is 73.4 Å². The van der Waals surface area contributed by atoms with Crippen molar-refractivity contribution in [1.82, 2.24) is 0 Å². The van der Waals surface area contributed by atoms with Gasteiger partial charge < -0.3 is 24.1 Å². The first-order chi connectivity index (χ1) is 18.8. The molecule has 6 heteroatoms. The summed E-state index contributed by atoms with van der Waals surface area (Å²) >= 11 is 0. The first-order valence-electron chi connectivity index (χ1n) is 12.2. The van der Waals surface area contributed by atoms with Crippen LogP contribution in [0, 0.1) is 0 Å². The van der Waals surface area contributed by atoms with Crippen LogP contribution in [0.2, 0.25) is 0 Å². The Morgan fingerprint density at radius 3 is 2.15 bits per heavy atom. The molecule has 204 valence electrons. The molecule has 0 unspecified atom stereocenters. The van der Waals surface area contributed by atoms with Gasteiger partial charge in [0.05, 0.1) is 28.4 Å². The fraction of sp³-hybridized carbons (Fsp3) is 0.182. The van der Waals surface area contributed by atoms with Crippen LogP contribution in [0.1, 0.15) is 24.5 Å². The number of hydrogen-bond donors (Lipinski definition) is 1. The first-order valence-corrected chi connectivity index (χ1v) is 12.2. The maximum atomic E-state index is 13.1. The zero-order valence-corrected chi connectivity index (χ0v) is 23.1. The van der Waals surface area contributed by atoms with Gasteiger partial charge in [0.15, 0.2) is 23.0 Å². The second kappa shape index (κ2) is 16.2. The third-order valence-electron chi connectivity index (χ3n) is 5.65. The second-order valence-corrected chi connectivity index (χ2v) is 8.26. The number of carbonyl (C=O) groups is 1. The van der Waals surface area contributed by atoms with Gasteiger partial charge in [0.1, 0.15) is 11.5 Å². The number of hydrogen-bond acceptors (Lipinski definition) is 6. The van der Waals surface area contributed by atoms with Gasteiger partial charge >= 0.3 is 0 Å². The molecule has 0 heterocycles. The highest BCUT2D eigenvalue weighted by Crippen LogP contribution is 2.28. The molecule has 0 aromatic heterocycles. The molecule has 0 aliphatic heterocycles. The maximum absolute atomic E-state index is 13.1. The zero-order chi connectivity index (χ0) is 28.6. The SMILES string of the molecule is C=C(/C=C\C(OC)=C(/C)OC)/C=C/C(=O)/C(C/C=C/c1ccccc1)=C(O)/C=C/c1ccc(OC)c(OC)c1. The number of ether oxygens (including phenoxy) is 4. The summed E-state index contributed by atoms with van der Waals surface area (Å²) in [5.41, 5.74) is 2.57. The Bertz CT molecular complexity index is 1310. The molecule has 0 aliphatic rings. The Labute approximate surface area is 231 Å². The summed E-state index contributed by atoms with van der Waals surface area (Å²) < 4.78 is 21.1. The van der Waals surface area contributed by atoms with Gasteiger partial charge in [-0.25, -0.2) is 0 Å². The van der Waals surface area contributed by atoms with E-state index in [1.807, 2.05) is 48.6 Å². The molecule has 2 rings (SSSR count). The van der Waals surface area contributed by atoms with Crippen molar-refractivity contribution in [2.24, 2.45) is 0 Å². The van der Waals surface area contributed by atoms with Crippen molar-refractivity contribution >= 4 is 17.9 Å². The van der Waals surface area contributed by atoms with Gasteiger partial charge in [0.2, 0.25) is 0 Å². The van der Waals surface area contributed by atoms with E-state index in [0.717, 1.165) is 11.1 Å². The molecule has 0 aliphatic carbocycles. The Balaban J connectivity index is 2.32. The van der Waals surface area contributed by atoms with Crippen LogP contribution in [0.3, 0.4) is 0 Å². The van der Waals surface area contributed by atoms with Crippen molar-refractivity contribution in [3.05, 3.63) is 131 Å². The minimum absolute atomic E-state index is 0.140. The average Bonchev–Trinajstić information content (AvgIpc) is 2.97. The fourth-order valence-corrected chi connectivity index (χ4v) is 3.39.